The summed E-state index contributed by atoms with van der Waals surface area (Å²) in [6.07, 6.45) is 6.76. The Morgan fingerprint density at radius 2 is 1.68 bits per heavy atom. The molecule has 0 amide bonds. The van der Waals surface area contributed by atoms with Crippen molar-refractivity contribution >= 4 is 17.7 Å². The highest BCUT2D eigenvalue weighted by Gasteiger charge is 2.15. The molecule has 2 aromatic carbocycles. The topological polar surface area (TPSA) is 40.5 Å². The number of aryl methyl sites for hydroxylation is 1. The average molecular weight is 335 g/mol. The summed E-state index contributed by atoms with van der Waals surface area (Å²) in [5, 5.41) is 8.99. The van der Waals surface area contributed by atoms with Crippen molar-refractivity contribution in [1.82, 2.24) is 0 Å². The highest BCUT2D eigenvalue weighted by molar-refractivity contribution is 5.88. The Balaban J connectivity index is 1.60. The van der Waals surface area contributed by atoms with Gasteiger partial charge in [0.05, 0.1) is 5.56 Å². The number of carbonyl (C=O) groups is 1. The molecule has 130 valence electrons. The average Bonchev–Trinajstić information content (AvgIpc) is 2.64. The van der Waals surface area contributed by atoms with Crippen LogP contribution in [-0.2, 0) is 6.42 Å². The highest BCUT2D eigenvalue weighted by atomic mass is 16.4. The van der Waals surface area contributed by atoms with Crippen LogP contribution in [0, 0.1) is 0 Å². The van der Waals surface area contributed by atoms with Crippen LogP contribution in [-0.4, -0.2) is 24.2 Å². The lowest BCUT2D eigenvalue weighted by atomic mass is 9.99. The molecule has 3 rings (SSSR count). The summed E-state index contributed by atoms with van der Waals surface area (Å²) in [6.45, 7) is 4.16. The quantitative estimate of drug-likeness (QED) is 0.834. The molecule has 0 spiro atoms. The maximum atomic E-state index is 10.9. The van der Waals surface area contributed by atoms with E-state index in [2.05, 4.69) is 42.2 Å². The molecular weight excluding hydrogens is 310 g/mol. The fraction of sp³-hybridized carbons (Fsp3) is 0.318. The Morgan fingerprint density at radius 1 is 1.04 bits per heavy atom. The maximum absolute atomic E-state index is 10.9. The number of hydrogen-bond acceptors (Lipinski definition) is 2. The van der Waals surface area contributed by atoms with Gasteiger partial charge < -0.3 is 10.0 Å². The van der Waals surface area contributed by atoms with Gasteiger partial charge in [-0.25, -0.2) is 4.79 Å². The molecule has 1 N–H and O–H groups in total. The summed E-state index contributed by atoms with van der Waals surface area (Å²) in [4.78, 5) is 13.3. The van der Waals surface area contributed by atoms with E-state index in [0.29, 0.717) is 5.56 Å². The van der Waals surface area contributed by atoms with Crippen LogP contribution in [0.3, 0.4) is 0 Å². The van der Waals surface area contributed by atoms with E-state index in [1.165, 1.54) is 23.1 Å². The smallest absolute Gasteiger partial charge is 0.335 e. The Morgan fingerprint density at radius 3 is 2.24 bits per heavy atom. The number of nitrogens with zero attached hydrogens (tertiary/aromatic N) is 1. The Kier molecular flexibility index (Phi) is 5.54. The van der Waals surface area contributed by atoms with Gasteiger partial charge in [0.2, 0.25) is 0 Å². The van der Waals surface area contributed by atoms with Gasteiger partial charge >= 0.3 is 5.97 Å². The number of rotatable bonds is 5. The first-order valence-electron chi connectivity index (χ1n) is 9.02. The Labute approximate surface area is 149 Å². The molecule has 0 aliphatic carbocycles. The van der Waals surface area contributed by atoms with Gasteiger partial charge in [0.15, 0.2) is 0 Å². The molecule has 0 unspecified atom stereocenters. The molecule has 0 aromatic heterocycles. The number of piperidine rings is 1. The van der Waals surface area contributed by atoms with Crippen LogP contribution < -0.4 is 4.90 Å². The van der Waals surface area contributed by atoms with Gasteiger partial charge in [-0.2, -0.15) is 0 Å². The van der Waals surface area contributed by atoms with Crippen LogP contribution in [0.2, 0.25) is 0 Å². The summed E-state index contributed by atoms with van der Waals surface area (Å²) in [5.41, 5.74) is 5.63. The van der Waals surface area contributed by atoms with E-state index in [4.69, 9.17) is 5.11 Å². The summed E-state index contributed by atoms with van der Waals surface area (Å²) in [5.74, 6) is -0.875. The van der Waals surface area contributed by atoms with Crippen LogP contribution in [0.15, 0.2) is 54.1 Å². The second-order valence-corrected chi connectivity index (χ2v) is 6.63. The van der Waals surface area contributed by atoms with Crippen LogP contribution in [0.25, 0.3) is 6.08 Å². The number of hydrogen-bond donors (Lipinski definition) is 1. The zero-order valence-electron chi connectivity index (χ0n) is 14.7. The standard InChI is InChI=1S/C22H25NO2/c1-2-3-17-4-6-18(7-5-17)16-19-12-14-23(15-13-19)21-10-8-20(9-11-21)22(24)25/h4-11,16H,2-3,12-15H2,1H3,(H,24,25). The first kappa shape index (κ1) is 17.3. The number of anilines is 1. The fourth-order valence-corrected chi connectivity index (χ4v) is 3.32. The van der Waals surface area contributed by atoms with E-state index < -0.39 is 5.97 Å². The summed E-state index contributed by atoms with van der Waals surface area (Å²) >= 11 is 0. The fourth-order valence-electron chi connectivity index (χ4n) is 3.32. The van der Waals surface area contributed by atoms with Gasteiger partial charge in [-0.3, -0.25) is 0 Å². The van der Waals surface area contributed by atoms with E-state index in [9.17, 15) is 4.79 Å². The minimum atomic E-state index is -0.875. The number of aromatic carboxylic acids is 1. The van der Waals surface area contributed by atoms with Crippen LogP contribution >= 0.6 is 0 Å². The molecule has 1 heterocycles. The molecule has 0 atom stereocenters. The van der Waals surface area contributed by atoms with Crippen molar-refractivity contribution in [3.05, 3.63) is 70.8 Å². The first-order chi connectivity index (χ1) is 12.2. The third kappa shape index (κ3) is 4.50. The molecule has 3 nitrogen and oxygen atoms in total. The molecule has 1 aliphatic rings. The van der Waals surface area contributed by atoms with Crippen molar-refractivity contribution in [2.75, 3.05) is 18.0 Å². The molecule has 25 heavy (non-hydrogen) atoms. The minimum Gasteiger partial charge on any atom is -0.478 e. The number of benzene rings is 2. The molecule has 0 bridgehead atoms. The van der Waals surface area contributed by atoms with Gasteiger partial charge in [0.1, 0.15) is 0 Å². The van der Waals surface area contributed by atoms with E-state index in [1.807, 2.05) is 12.1 Å². The third-order valence-electron chi connectivity index (χ3n) is 4.77. The second-order valence-electron chi connectivity index (χ2n) is 6.63. The van der Waals surface area contributed by atoms with Crippen LogP contribution in [0.4, 0.5) is 5.69 Å². The molecular formula is C22H25NO2. The highest BCUT2D eigenvalue weighted by Crippen LogP contribution is 2.25. The lowest BCUT2D eigenvalue weighted by Crippen LogP contribution is -2.30. The van der Waals surface area contributed by atoms with Crippen LogP contribution in [0.5, 0.6) is 0 Å². The maximum Gasteiger partial charge on any atom is 0.335 e. The summed E-state index contributed by atoms with van der Waals surface area (Å²) in [6, 6.07) is 16.1. The molecule has 1 saturated heterocycles. The van der Waals surface area contributed by atoms with Crippen molar-refractivity contribution < 1.29 is 9.90 Å². The minimum absolute atomic E-state index is 0.341. The third-order valence-corrected chi connectivity index (χ3v) is 4.77. The van der Waals surface area contributed by atoms with E-state index in [-0.39, 0.29) is 0 Å². The molecule has 2 aromatic rings. The van der Waals surface area contributed by atoms with Gasteiger partial charge in [-0.15, -0.1) is 0 Å². The monoisotopic (exact) mass is 335 g/mol. The second kappa shape index (κ2) is 8.02. The molecule has 1 fully saturated rings. The first-order valence-corrected chi connectivity index (χ1v) is 9.02. The number of carboxylic acid groups (broad SMARTS) is 1. The van der Waals surface area contributed by atoms with Crippen molar-refractivity contribution in [3.63, 3.8) is 0 Å². The predicted molar refractivity (Wildman–Crippen MR) is 103 cm³/mol. The normalized spacial score (nSPS) is 14.4. The Bertz CT molecular complexity index is 735. The van der Waals surface area contributed by atoms with Crippen molar-refractivity contribution in [3.8, 4) is 0 Å². The van der Waals surface area contributed by atoms with E-state index >= 15 is 0 Å². The molecule has 0 radical (unpaired) electrons. The number of carboxylic acids is 1. The largest absolute Gasteiger partial charge is 0.478 e. The van der Waals surface area contributed by atoms with Gasteiger partial charge in [-0.1, -0.05) is 49.3 Å². The van der Waals surface area contributed by atoms with E-state index in [1.54, 1.807) is 12.1 Å². The van der Waals surface area contributed by atoms with Crippen molar-refractivity contribution in [2.24, 2.45) is 0 Å². The SMILES string of the molecule is CCCc1ccc(C=C2CCN(c3ccc(C(=O)O)cc3)CC2)cc1. The van der Waals surface area contributed by atoms with Gasteiger partial charge in [0.25, 0.3) is 0 Å². The molecule has 0 saturated carbocycles. The molecule has 1 aliphatic heterocycles. The zero-order chi connectivity index (χ0) is 17.6. The zero-order valence-corrected chi connectivity index (χ0v) is 14.7. The van der Waals surface area contributed by atoms with E-state index in [0.717, 1.165) is 38.0 Å². The summed E-state index contributed by atoms with van der Waals surface area (Å²) in [7, 11) is 0. The summed E-state index contributed by atoms with van der Waals surface area (Å²) < 4.78 is 0. The van der Waals surface area contributed by atoms with Crippen molar-refractivity contribution in [2.45, 2.75) is 32.6 Å². The Hall–Kier alpha value is -2.55. The van der Waals surface area contributed by atoms with Crippen molar-refractivity contribution in [1.29, 1.82) is 0 Å². The molecule has 3 heteroatoms. The lowest BCUT2D eigenvalue weighted by molar-refractivity contribution is 0.0697. The van der Waals surface area contributed by atoms with Gasteiger partial charge in [0, 0.05) is 18.8 Å². The van der Waals surface area contributed by atoms with Crippen LogP contribution in [0.1, 0.15) is 47.7 Å². The predicted octanol–water partition coefficient (Wildman–Crippen LogP) is 5.02. The lowest BCUT2D eigenvalue weighted by Gasteiger charge is -2.30. The van der Waals surface area contributed by atoms with Gasteiger partial charge in [-0.05, 0) is 54.7 Å².